The van der Waals surface area contributed by atoms with E-state index in [0.717, 1.165) is 6.42 Å². The monoisotopic (exact) mass is 463 g/mol. The number of imide groups is 1. The zero-order valence-corrected chi connectivity index (χ0v) is 19.2. The molecule has 0 spiro atoms. The fourth-order valence-corrected chi connectivity index (χ4v) is 7.04. The second kappa shape index (κ2) is 8.07. The van der Waals surface area contributed by atoms with E-state index in [4.69, 9.17) is 9.47 Å². The van der Waals surface area contributed by atoms with Crippen LogP contribution in [-0.4, -0.2) is 48.2 Å². The molecule has 2 bridgehead atoms. The number of ketones is 1. The lowest BCUT2D eigenvalue weighted by atomic mass is 9.63. The number of carbonyl (C=O) groups excluding carboxylic acids is 4. The molecule has 1 heterocycles. The Morgan fingerprint density at radius 3 is 2.24 bits per heavy atom. The summed E-state index contributed by atoms with van der Waals surface area (Å²) >= 11 is 0. The topological polar surface area (TPSA) is 90.0 Å². The SMILES string of the molecule is COc1cccc(C(=O)COC(=O)C2CCC(N3C(=O)C4C5C=CC(C6CC56)C4C3=O)CC2)c1. The van der Waals surface area contributed by atoms with Gasteiger partial charge in [0, 0.05) is 11.6 Å². The van der Waals surface area contributed by atoms with Crippen molar-refractivity contribution in [3.63, 3.8) is 0 Å². The molecule has 0 N–H and O–H groups in total. The van der Waals surface area contributed by atoms with Gasteiger partial charge >= 0.3 is 5.97 Å². The fraction of sp³-hybridized carbons (Fsp3) is 0.556. The number of ether oxygens (including phenoxy) is 2. The van der Waals surface area contributed by atoms with Gasteiger partial charge in [0.25, 0.3) is 0 Å². The molecule has 5 aliphatic carbocycles. The van der Waals surface area contributed by atoms with Crippen molar-refractivity contribution in [3.8, 4) is 5.75 Å². The summed E-state index contributed by atoms with van der Waals surface area (Å²) in [6.07, 6.45) is 7.86. The van der Waals surface area contributed by atoms with Gasteiger partial charge in [0.1, 0.15) is 5.75 Å². The second-order valence-corrected chi connectivity index (χ2v) is 10.5. The van der Waals surface area contributed by atoms with Crippen LogP contribution in [0.3, 0.4) is 0 Å². The van der Waals surface area contributed by atoms with Gasteiger partial charge in [-0.1, -0.05) is 24.3 Å². The normalized spacial score (nSPS) is 37.3. The van der Waals surface area contributed by atoms with Gasteiger partial charge in [0.2, 0.25) is 11.8 Å². The highest BCUT2D eigenvalue weighted by molar-refractivity contribution is 6.06. The molecular formula is C27H29NO6. The molecule has 3 saturated carbocycles. The third-order valence-electron chi connectivity index (χ3n) is 8.83. The maximum absolute atomic E-state index is 13.3. The molecule has 7 nitrogen and oxygen atoms in total. The maximum Gasteiger partial charge on any atom is 0.309 e. The predicted molar refractivity (Wildman–Crippen MR) is 121 cm³/mol. The van der Waals surface area contributed by atoms with Crippen LogP contribution in [0.1, 0.15) is 42.5 Å². The minimum Gasteiger partial charge on any atom is -0.497 e. The molecule has 4 fully saturated rings. The van der Waals surface area contributed by atoms with Crippen molar-refractivity contribution in [1.82, 2.24) is 4.90 Å². The largest absolute Gasteiger partial charge is 0.497 e. The summed E-state index contributed by atoms with van der Waals surface area (Å²) in [6.45, 7) is -0.309. The first-order chi connectivity index (χ1) is 16.5. The summed E-state index contributed by atoms with van der Waals surface area (Å²) < 4.78 is 10.5. The number of likely N-dealkylation sites (tertiary alicyclic amines) is 1. The average Bonchev–Trinajstić information content (AvgIpc) is 3.65. The van der Waals surface area contributed by atoms with E-state index in [1.54, 1.807) is 29.2 Å². The van der Waals surface area contributed by atoms with Gasteiger partial charge < -0.3 is 9.47 Å². The van der Waals surface area contributed by atoms with Crippen molar-refractivity contribution in [2.75, 3.05) is 13.7 Å². The molecule has 1 aliphatic heterocycles. The first kappa shape index (κ1) is 21.6. The van der Waals surface area contributed by atoms with Crippen LogP contribution < -0.4 is 4.74 Å². The van der Waals surface area contributed by atoms with Gasteiger partial charge in [-0.3, -0.25) is 24.1 Å². The van der Waals surface area contributed by atoms with E-state index in [-0.39, 0.29) is 65.8 Å². The zero-order valence-electron chi connectivity index (χ0n) is 19.2. The Balaban J connectivity index is 1.04. The molecule has 7 heteroatoms. The Hall–Kier alpha value is -2.96. The van der Waals surface area contributed by atoms with Crippen LogP contribution in [0.15, 0.2) is 36.4 Å². The summed E-state index contributed by atoms with van der Waals surface area (Å²) in [6, 6.07) is 6.61. The predicted octanol–water partition coefficient (Wildman–Crippen LogP) is 3.03. The summed E-state index contributed by atoms with van der Waals surface area (Å²) in [5.41, 5.74) is 0.435. The van der Waals surface area contributed by atoms with Crippen LogP contribution in [0.25, 0.3) is 0 Å². The summed E-state index contributed by atoms with van der Waals surface area (Å²) in [5.74, 6) is 0.929. The highest BCUT2D eigenvalue weighted by Crippen LogP contribution is 2.65. The first-order valence-electron chi connectivity index (χ1n) is 12.4. The number of hydrogen-bond acceptors (Lipinski definition) is 6. The van der Waals surface area contributed by atoms with Crippen molar-refractivity contribution < 1.29 is 28.7 Å². The Kier molecular flexibility index (Phi) is 5.12. The van der Waals surface area contributed by atoms with Gasteiger partial charge in [-0.25, -0.2) is 0 Å². The van der Waals surface area contributed by atoms with Gasteiger partial charge in [0.15, 0.2) is 12.4 Å². The number of esters is 1. The van der Waals surface area contributed by atoms with Gasteiger partial charge in [-0.2, -0.15) is 0 Å². The van der Waals surface area contributed by atoms with E-state index in [9.17, 15) is 19.2 Å². The molecule has 6 unspecified atom stereocenters. The van der Waals surface area contributed by atoms with Crippen LogP contribution in [-0.2, 0) is 19.1 Å². The third kappa shape index (κ3) is 3.31. The smallest absolute Gasteiger partial charge is 0.309 e. The lowest BCUT2D eigenvalue weighted by Gasteiger charge is -2.37. The molecular weight excluding hydrogens is 434 g/mol. The lowest BCUT2D eigenvalue weighted by molar-refractivity contribution is -0.149. The highest BCUT2D eigenvalue weighted by atomic mass is 16.5. The van der Waals surface area contributed by atoms with Crippen molar-refractivity contribution in [3.05, 3.63) is 42.0 Å². The first-order valence-corrected chi connectivity index (χ1v) is 12.4. The van der Waals surface area contributed by atoms with E-state index in [2.05, 4.69) is 12.2 Å². The molecule has 2 amide bonds. The number of carbonyl (C=O) groups is 4. The van der Waals surface area contributed by atoms with E-state index < -0.39 is 0 Å². The van der Waals surface area contributed by atoms with Crippen molar-refractivity contribution >= 4 is 23.6 Å². The molecule has 178 valence electrons. The van der Waals surface area contributed by atoms with Gasteiger partial charge in [0.05, 0.1) is 24.9 Å². The van der Waals surface area contributed by atoms with E-state index in [1.807, 2.05) is 0 Å². The van der Waals surface area contributed by atoms with Crippen molar-refractivity contribution in [2.45, 2.75) is 38.1 Å². The molecule has 0 aromatic heterocycles. The molecule has 1 saturated heterocycles. The standard InChI is InChI=1S/C27H29NO6/c1-33-17-4-2-3-15(11-17)22(29)13-34-27(32)14-5-7-16(8-6-14)28-25(30)23-18-9-10-19(21-12-20(18)21)24(23)26(28)31/h2-4,9-11,14,16,18-21,23-24H,5-8,12-13H2,1H3. The lowest BCUT2D eigenvalue weighted by Crippen LogP contribution is -2.44. The average molecular weight is 464 g/mol. The number of hydrogen-bond donors (Lipinski definition) is 0. The summed E-state index contributed by atoms with van der Waals surface area (Å²) in [7, 11) is 1.53. The highest BCUT2D eigenvalue weighted by Gasteiger charge is 2.67. The quantitative estimate of drug-likeness (QED) is 0.279. The molecule has 0 radical (unpaired) electrons. The number of nitrogens with zero attached hydrogens (tertiary/aromatic N) is 1. The summed E-state index contributed by atoms with van der Waals surface area (Å²) in [4.78, 5) is 53.2. The van der Waals surface area contributed by atoms with Gasteiger partial charge in [-0.05, 0) is 67.9 Å². The van der Waals surface area contributed by atoms with Crippen LogP contribution in [0.2, 0.25) is 0 Å². The number of rotatable bonds is 6. The van der Waals surface area contributed by atoms with Crippen LogP contribution in [0, 0.1) is 41.4 Å². The van der Waals surface area contributed by atoms with Crippen LogP contribution in [0.4, 0.5) is 0 Å². The van der Waals surface area contributed by atoms with Crippen LogP contribution in [0.5, 0.6) is 5.75 Å². The molecule has 6 atom stereocenters. The van der Waals surface area contributed by atoms with Crippen molar-refractivity contribution in [2.24, 2.45) is 41.4 Å². The van der Waals surface area contributed by atoms with E-state index >= 15 is 0 Å². The number of allylic oxidation sites excluding steroid dienone is 2. The second-order valence-electron chi connectivity index (χ2n) is 10.5. The van der Waals surface area contributed by atoms with Gasteiger partial charge in [-0.15, -0.1) is 0 Å². The molecule has 6 aliphatic rings. The molecule has 7 rings (SSSR count). The Morgan fingerprint density at radius 2 is 1.62 bits per heavy atom. The Bertz CT molecular complexity index is 1050. The number of benzene rings is 1. The van der Waals surface area contributed by atoms with Crippen molar-refractivity contribution in [1.29, 1.82) is 0 Å². The number of Topliss-reactive ketones (excluding diaryl/α,β-unsaturated/α-hetero) is 1. The van der Waals surface area contributed by atoms with Crippen LogP contribution >= 0.6 is 0 Å². The van der Waals surface area contributed by atoms with E-state index in [0.29, 0.717) is 48.8 Å². The van der Waals surface area contributed by atoms with E-state index in [1.165, 1.54) is 7.11 Å². The molecule has 1 aromatic carbocycles. The number of methoxy groups -OCH3 is 1. The fourth-order valence-electron chi connectivity index (χ4n) is 7.04. The Morgan fingerprint density at radius 1 is 0.971 bits per heavy atom. The third-order valence-corrected chi connectivity index (χ3v) is 8.83. The molecule has 1 aromatic rings. The molecule has 34 heavy (non-hydrogen) atoms. The zero-order chi connectivity index (χ0) is 23.6. The Labute approximate surface area is 198 Å². The minimum absolute atomic E-state index is 0.00890. The maximum atomic E-state index is 13.3. The minimum atomic E-state index is -0.384. The number of amides is 2. The summed E-state index contributed by atoms with van der Waals surface area (Å²) in [5, 5.41) is 0.